The number of hydrogen-bond donors (Lipinski definition) is 4. The third kappa shape index (κ3) is 6.36. The molecule has 0 fully saturated rings. The van der Waals surface area contributed by atoms with Gasteiger partial charge in [0.1, 0.15) is 0 Å². The Balaban J connectivity index is 1.78. The Morgan fingerprint density at radius 3 is 2.40 bits per heavy atom. The number of benzene rings is 2. The molecule has 0 spiro atoms. The first-order valence-electron chi connectivity index (χ1n) is 10.2. The van der Waals surface area contributed by atoms with E-state index in [-0.39, 0.29) is 22.0 Å². The summed E-state index contributed by atoms with van der Waals surface area (Å²) in [4.78, 5) is 28.5. The molecule has 2 aromatic carbocycles. The molecular formula is C23H22Cl2N4O5S. The summed E-state index contributed by atoms with van der Waals surface area (Å²) >= 11 is 12.5. The van der Waals surface area contributed by atoms with E-state index in [1.54, 1.807) is 36.5 Å². The maximum atomic E-state index is 12.8. The van der Waals surface area contributed by atoms with Crippen LogP contribution in [0.25, 0.3) is 11.3 Å². The van der Waals surface area contributed by atoms with E-state index in [2.05, 4.69) is 15.0 Å². The van der Waals surface area contributed by atoms with E-state index in [0.717, 1.165) is 6.07 Å². The fourth-order valence-corrected chi connectivity index (χ4v) is 4.74. The zero-order chi connectivity index (χ0) is 25.8. The minimum absolute atomic E-state index is 0.0555. The highest BCUT2D eigenvalue weighted by Gasteiger charge is 2.30. The van der Waals surface area contributed by atoms with Crippen LogP contribution in [0.3, 0.4) is 0 Å². The molecule has 3 aromatic rings. The number of nitrogens with one attached hydrogen (secondary N) is 3. The maximum absolute atomic E-state index is 12.8. The molecule has 3 rings (SSSR count). The third-order valence-corrected chi connectivity index (χ3v) is 7.12. The molecule has 4 N–H and O–H groups in total. The fraction of sp³-hybridized carbons (Fsp3) is 0.174. The lowest BCUT2D eigenvalue weighted by Crippen LogP contribution is -2.43. The summed E-state index contributed by atoms with van der Waals surface area (Å²) < 4.78 is 27.6. The number of pyridine rings is 1. The van der Waals surface area contributed by atoms with Gasteiger partial charge in [0.05, 0.1) is 31.6 Å². The highest BCUT2D eigenvalue weighted by Crippen LogP contribution is 2.30. The number of carbonyl (C=O) groups excluding carboxylic acids is 2. The van der Waals surface area contributed by atoms with Crippen LogP contribution >= 0.6 is 23.2 Å². The van der Waals surface area contributed by atoms with Crippen molar-refractivity contribution in [3.8, 4) is 11.3 Å². The molecule has 0 aliphatic carbocycles. The highest BCUT2D eigenvalue weighted by molar-refractivity contribution is 7.89. The third-order valence-electron chi connectivity index (χ3n) is 5.08. The van der Waals surface area contributed by atoms with Crippen LogP contribution in [0, 0.1) is 5.41 Å². The molecule has 1 heterocycles. The van der Waals surface area contributed by atoms with Crippen molar-refractivity contribution in [1.29, 1.82) is 0 Å². The number of rotatable bonds is 8. The van der Waals surface area contributed by atoms with Gasteiger partial charge in [0, 0.05) is 24.0 Å². The number of hydrogen-bond acceptors (Lipinski definition) is 6. The Kier molecular flexibility index (Phi) is 8.14. The molecule has 12 heteroatoms. The zero-order valence-corrected chi connectivity index (χ0v) is 21.0. The van der Waals surface area contributed by atoms with Crippen molar-refractivity contribution in [2.24, 2.45) is 5.41 Å². The van der Waals surface area contributed by atoms with Crippen LogP contribution < -0.4 is 15.5 Å². The van der Waals surface area contributed by atoms with E-state index in [0.29, 0.717) is 22.0 Å². The Labute approximate surface area is 212 Å². The highest BCUT2D eigenvalue weighted by atomic mass is 35.5. The first-order valence-corrected chi connectivity index (χ1v) is 12.4. The van der Waals surface area contributed by atoms with Crippen LogP contribution in [0.15, 0.2) is 65.7 Å². The van der Waals surface area contributed by atoms with Crippen LogP contribution in [-0.2, 0) is 14.8 Å². The van der Waals surface area contributed by atoms with Crippen LogP contribution in [0.5, 0.6) is 0 Å². The predicted molar refractivity (Wildman–Crippen MR) is 133 cm³/mol. The topological polar surface area (TPSA) is 137 Å². The molecule has 0 aliphatic heterocycles. The van der Waals surface area contributed by atoms with Gasteiger partial charge in [-0.15, -0.1) is 0 Å². The van der Waals surface area contributed by atoms with Gasteiger partial charge >= 0.3 is 0 Å². The number of nitrogens with zero attached hydrogens (tertiary/aromatic N) is 1. The maximum Gasteiger partial charge on any atom is 0.257 e. The molecular weight excluding hydrogens is 515 g/mol. The van der Waals surface area contributed by atoms with E-state index >= 15 is 0 Å². The van der Waals surface area contributed by atoms with Gasteiger partial charge in [-0.2, -0.15) is 0 Å². The standard InChI is InChI=1S/C23H22Cl2N4O5S/c1-23(2,22(31)29-32)13-27-35(33,34)15-7-8-16(19(25)12-15)21(30)28-14-6-9-18(24)17(11-14)20-5-3-4-10-26-20/h3-12,27,32H,13H2,1-2H3,(H,28,30)(H,29,31). The van der Waals surface area contributed by atoms with Crippen molar-refractivity contribution in [2.75, 3.05) is 11.9 Å². The molecule has 0 saturated heterocycles. The van der Waals surface area contributed by atoms with Gasteiger partial charge in [-0.05, 0) is 62.4 Å². The predicted octanol–water partition coefficient (Wildman–Crippen LogP) is 4.12. The van der Waals surface area contributed by atoms with Crippen molar-refractivity contribution >= 4 is 50.7 Å². The van der Waals surface area contributed by atoms with E-state index in [1.807, 2.05) is 6.07 Å². The summed E-state index contributed by atoms with van der Waals surface area (Å²) in [6.45, 7) is 2.63. The first kappa shape index (κ1) is 26.6. The average Bonchev–Trinajstić information content (AvgIpc) is 2.84. The van der Waals surface area contributed by atoms with Crippen LogP contribution in [0.2, 0.25) is 10.0 Å². The number of amides is 2. The minimum atomic E-state index is -4.05. The van der Waals surface area contributed by atoms with Gasteiger partial charge in [-0.3, -0.25) is 19.8 Å². The summed E-state index contributed by atoms with van der Waals surface area (Å²) in [7, 11) is -4.05. The number of sulfonamides is 1. The second-order valence-electron chi connectivity index (χ2n) is 8.15. The zero-order valence-electron chi connectivity index (χ0n) is 18.7. The van der Waals surface area contributed by atoms with Gasteiger partial charge in [0.15, 0.2) is 0 Å². The van der Waals surface area contributed by atoms with Crippen molar-refractivity contribution < 1.29 is 23.2 Å². The molecule has 0 aliphatic rings. The van der Waals surface area contributed by atoms with Crippen molar-refractivity contribution in [2.45, 2.75) is 18.7 Å². The molecule has 0 saturated carbocycles. The number of carbonyl (C=O) groups is 2. The van der Waals surface area contributed by atoms with Crippen LogP contribution in [-0.4, -0.2) is 37.0 Å². The average molecular weight is 537 g/mol. The molecule has 2 amide bonds. The number of aromatic nitrogens is 1. The summed E-state index contributed by atoms with van der Waals surface area (Å²) in [6.07, 6.45) is 1.63. The van der Waals surface area contributed by atoms with Crippen molar-refractivity contribution in [3.63, 3.8) is 0 Å². The monoisotopic (exact) mass is 536 g/mol. The second kappa shape index (κ2) is 10.7. The van der Waals surface area contributed by atoms with E-state index in [4.69, 9.17) is 28.4 Å². The van der Waals surface area contributed by atoms with E-state index in [1.165, 1.54) is 31.5 Å². The lowest BCUT2D eigenvalue weighted by Gasteiger charge is -2.22. The van der Waals surface area contributed by atoms with Gasteiger partial charge in [0.25, 0.3) is 5.91 Å². The summed E-state index contributed by atoms with van der Waals surface area (Å²) in [6, 6.07) is 13.9. The summed E-state index contributed by atoms with van der Waals surface area (Å²) in [5, 5.41) is 11.9. The smallest absolute Gasteiger partial charge is 0.257 e. The molecule has 0 unspecified atom stereocenters. The Hall–Kier alpha value is -3.02. The second-order valence-corrected chi connectivity index (χ2v) is 10.7. The number of anilines is 1. The molecule has 9 nitrogen and oxygen atoms in total. The molecule has 35 heavy (non-hydrogen) atoms. The first-order chi connectivity index (χ1) is 16.4. The molecule has 0 bridgehead atoms. The summed E-state index contributed by atoms with van der Waals surface area (Å²) in [5.74, 6) is -1.30. The Bertz CT molecular complexity index is 1370. The lowest BCUT2D eigenvalue weighted by molar-refractivity contribution is -0.137. The molecule has 1 aromatic heterocycles. The number of hydroxylamine groups is 1. The minimum Gasteiger partial charge on any atom is -0.322 e. The van der Waals surface area contributed by atoms with Crippen LogP contribution in [0.1, 0.15) is 24.2 Å². The molecule has 0 radical (unpaired) electrons. The van der Waals surface area contributed by atoms with Crippen molar-refractivity contribution in [1.82, 2.24) is 15.2 Å². The fourth-order valence-electron chi connectivity index (χ4n) is 2.96. The normalized spacial score (nSPS) is 11.7. The molecule has 0 atom stereocenters. The quantitative estimate of drug-likeness (QED) is 0.252. The van der Waals surface area contributed by atoms with Crippen molar-refractivity contribution in [3.05, 3.63) is 76.4 Å². The van der Waals surface area contributed by atoms with Gasteiger partial charge in [0.2, 0.25) is 15.9 Å². The van der Waals surface area contributed by atoms with Gasteiger partial charge in [-0.25, -0.2) is 18.6 Å². The van der Waals surface area contributed by atoms with E-state index < -0.39 is 27.3 Å². The van der Waals surface area contributed by atoms with Gasteiger partial charge < -0.3 is 5.32 Å². The molecule has 184 valence electrons. The van der Waals surface area contributed by atoms with Gasteiger partial charge in [-0.1, -0.05) is 29.3 Å². The Morgan fingerprint density at radius 1 is 1.03 bits per heavy atom. The van der Waals surface area contributed by atoms with Crippen LogP contribution in [0.4, 0.5) is 5.69 Å². The summed E-state index contributed by atoms with van der Waals surface area (Å²) in [5.41, 5.74) is 2.04. The Morgan fingerprint density at radius 2 is 1.77 bits per heavy atom. The number of halogens is 2. The lowest BCUT2D eigenvalue weighted by atomic mass is 9.93. The largest absolute Gasteiger partial charge is 0.322 e. The SMILES string of the molecule is CC(C)(CNS(=O)(=O)c1ccc(C(=O)Nc2ccc(Cl)c(-c3ccccn3)c2)c(Cl)c1)C(=O)NO. The van der Waals surface area contributed by atoms with E-state index in [9.17, 15) is 18.0 Å².